The summed E-state index contributed by atoms with van der Waals surface area (Å²) in [4.78, 5) is 73.2. The highest BCUT2D eigenvalue weighted by Gasteiger charge is 2.30. The molecule has 0 aliphatic rings. The van der Waals surface area contributed by atoms with E-state index in [0.29, 0.717) is 25.7 Å². The number of hydrogen-bond acceptors (Lipinski definition) is 15. The number of carbonyl (C=O) groups excluding carboxylic acids is 4. The van der Waals surface area contributed by atoms with E-state index in [1.807, 2.05) is 0 Å². The van der Waals surface area contributed by atoms with Crippen molar-refractivity contribution in [2.24, 2.45) is 17.8 Å². The molecule has 0 aromatic carbocycles. The second kappa shape index (κ2) is 74.2. The van der Waals surface area contributed by atoms with Crippen molar-refractivity contribution in [3.63, 3.8) is 0 Å². The van der Waals surface area contributed by atoms with E-state index in [2.05, 4.69) is 48.5 Å². The van der Waals surface area contributed by atoms with Gasteiger partial charge in [0.05, 0.1) is 26.4 Å². The molecule has 0 radical (unpaired) electrons. The van der Waals surface area contributed by atoms with E-state index in [1.54, 1.807) is 0 Å². The molecule has 0 heterocycles. The van der Waals surface area contributed by atoms with Crippen LogP contribution in [0.1, 0.15) is 440 Å². The summed E-state index contributed by atoms with van der Waals surface area (Å²) >= 11 is 0. The number of aliphatic hydroxyl groups excluding tert-OH is 1. The van der Waals surface area contributed by atoms with Gasteiger partial charge in [-0.1, -0.05) is 389 Å². The molecule has 0 rings (SSSR count). The molecule has 103 heavy (non-hydrogen) atoms. The lowest BCUT2D eigenvalue weighted by molar-refractivity contribution is -0.161. The minimum absolute atomic E-state index is 0.107. The maximum absolute atomic E-state index is 13.1. The predicted molar refractivity (Wildman–Crippen MR) is 423 cm³/mol. The van der Waals surface area contributed by atoms with Gasteiger partial charge in [0.15, 0.2) is 12.2 Å². The van der Waals surface area contributed by atoms with E-state index >= 15 is 0 Å². The van der Waals surface area contributed by atoms with Crippen molar-refractivity contribution >= 4 is 39.5 Å². The van der Waals surface area contributed by atoms with Crippen LogP contribution in [0, 0.1) is 17.8 Å². The lowest BCUT2D eigenvalue weighted by atomic mass is 10.00. The minimum Gasteiger partial charge on any atom is -0.462 e. The molecular formula is C84H164O17P2. The Morgan fingerprint density at radius 2 is 0.495 bits per heavy atom. The highest BCUT2D eigenvalue weighted by atomic mass is 31.2. The maximum atomic E-state index is 13.1. The number of unbranched alkanes of at least 4 members (excludes halogenated alkanes) is 49. The molecule has 0 spiro atoms. The number of esters is 4. The zero-order valence-electron chi connectivity index (χ0n) is 67.8. The monoisotopic (exact) mass is 1510 g/mol. The number of phosphoric ester groups is 2. The smallest absolute Gasteiger partial charge is 0.462 e. The van der Waals surface area contributed by atoms with Crippen molar-refractivity contribution in [1.29, 1.82) is 0 Å². The summed E-state index contributed by atoms with van der Waals surface area (Å²) < 4.78 is 68.8. The molecular weight excluding hydrogens is 1340 g/mol. The van der Waals surface area contributed by atoms with Crippen LogP contribution in [0.4, 0.5) is 0 Å². The molecule has 0 saturated heterocycles. The average molecular weight is 1510 g/mol. The van der Waals surface area contributed by atoms with Crippen LogP contribution in [0.25, 0.3) is 0 Å². The Morgan fingerprint density at radius 3 is 0.738 bits per heavy atom. The molecule has 0 amide bonds. The summed E-state index contributed by atoms with van der Waals surface area (Å²) in [5.74, 6) is 0.221. The summed E-state index contributed by atoms with van der Waals surface area (Å²) in [5, 5.41) is 10.7. The number of hydrogen-bond donors (Lipinski definition) is 3. The number of ether oxygens (including phenoxy) is 4. The Morgan fingerprint density at radius 1 is 0.282 bits per heavy atom. The van der Waals surface area contributed by atoms with E-state index in [4.69, 9.17) is 37.0 Å². The number of carbonyl (C=O) groups is 4. The normalized spacial score (nSPS) is 14.2. The highest BCUT2D eigenvalue weighted by molar-refractivity contribution is 7.47. The third kappa shape index (κ3) is 76.6. The van der Waals surface area contributed by atoms with Gasteiger partial charge in [-0.3, -0.25) is 37.3 Å². The zero-order chi connectivity index (χ0) is 75.8. The van der Waals surface area contributed by atoms with Gasteiger partial charge in [-0.05, 0) is 43.4 Å². The molecule has 6 atom stereocenters. The lowest BCUT2D eigenvalue weighted by Gasteiger charge is -2.21. The molecule has 0 aliphatic carbocycles. The van der Waals surface area contributed by atoms with Crippen LogP contribution in [-0.4, -0.2) is 96.7 Å². The van der Waals surface area contributed by atoms with Crippen molar-refractivity contribution in [3.05, 3.63) is 0 Å². The fraction of sp³-hybridized carbons (Fsp3) is 0.952. The molecule has 0 aromatic heterocycles. The van der Waals surface area contributed by atoms with Gasteiger partial charge in [-0.15, -0.1) is 0 Å². The third-order valence-corrected chi connectivity index (χ3v) is 21.9. The number of aliphatic hydroxyl groups is 1. The van der Waals surface area contributed by atoms with Crippen molar-refractivity contribution in [1.82, 2.24) is 0 Å². The largest absolute Gasteiger partial charge is 0.472 e. The summed E-state index contributed by atoms with van der Waals surface area (Å²) in [6.07, 6.45) is 63.9. The van der Waals surface area contributed by atoms with Gasteiger partial charge in [0.1, 0.15) is 19.3 Å². The summed E-state index contributed by atoms with van der Waals surface area (Å²) in [6, 6.07) is 0. The van der Waals surface area contributed by atoms with Crippen molar-refractivity contribution in [2.45, 2.75) is 458 Å². The van der Waals surface area contributed by atoms with E-state index in [-0.39, 0.29) is 25.7 Å². The van der Waals surface area contributed by atoms with Crippen LogP contribution < -0.4 is 0 Å². The van der Waals surface area contributed by atoms with Gasteiger partial charge >= 0.3 is 39.5 Å². The highest BCUT2D eigenvalue weighted by Crippen LogP contribution is 2.45. The first kappa shape index (κ1) is 101. The number of phosphoric acid groups is 2. The summed E-state index contributed by atoms with van der Waals surface area (Å²) in [6.45, 7) is 12.0. The van der Waals surface area contributed by atoms with Crippen LogP contribution in [-0.2, 0) is 65.4 Å². The molecule has 19 heteroatoms. The third-order valence-electron chi connectivity index (χ3n) is 20.0. The van der Waals surface area contributed by atoms with Crippen LogP contribution in [0.3, 0.4) is 0 Å². The molecule has 0 saturated carbocycles. The number of rotatable bonds is 82. The lowest BCUT2D eigenvalue weighted by Crippen LogP contribution is -2.30. The van der Waals surface area contributed by atoms with Crippen molar-refractivity contribution in [2.75, 3.05) is 39.6 Å². The second-order valence-corrected chi connectivity index (χ2v) is 34.3. The van der Waals surface area contributed by atoms with Gasteiger partial charge in [0, 0.05) is 25.7 Å². The average Bonchev–Trinajstić information content (AvgIpc) is 0.910. The first-order valence-electron chi connectivity index (χ1n) is 43.4. The Balaban J connectivity index is 5.24. The molecule has 0 aromatic rings. The molecule has 17 nitrogen and oxygen atoms in total. The second-order valence-electron chi connectivity index (χ2n) is 31.4. The van der Waals surface area contributed by atoms with Gasteiger partial charge in [-0.25, -0.2) is 9.13 Å². The molecule has 0 aliphatic heterocycles. The van der Waals surface area contributed by atoms with Crippen molar-refractivity contribution in [3.8, 4) is 0 Å². The molecule has 0 fully saturated rings. The first-order chi connectivity index (χ1) is 49.8. The van der Waals surface area contributed by atoms with E-state index in [0.717, 1.165) is 114 Å². The minimum atomic E-state index is -4.96. The van der Waals surface area contributed by atoms with E-state index < -0.39 is 97.5 Å². The Labute approximate surface area is 632 Å². The molecule has 0 bridgehead atoms. The quantitative estimate of drug-likeness (QED) is 0.0222. The SMILES string of the molecule is CCCCCCCCCCCCCCCCCCCCC(=O)OC[C@H](COP(=O)(O)OC[C@@H](O)COP(=O)(O)OC[C@@H](COC(=O)CCCCCCCCC(C)CC)OC(=O)CCCCCCCCCCCCCCCCC(C)C)OC(=O)CCCCCCCCCCCCCCCCCC(C)C. The predicted octanol–water partition coefficient (Wildman–Crippen LogP) is 25.3. The molecule has 3 unspecified atom stereocenters. The van der Waals surface area contributed by atoms with Gasteiger partial charge in [-0.2, -0.15) is 0 Å². The van der Waals surface area contributed by atoms with E-state index in [1.165, 1.54) is 244 Å². The van der Waals surface area contributed by atoms with E-state index in [9.17, 15) is 43.2 Å². The summed E-state index contributed by atoms with van der Waals surface area (Å²) in [7, 11) is -9.93. The molecule has 612 valence electrons. The Hall–Kier alpha value is -1.94. The fourth-order valence-corrected chi connectivity index (χ4v) is 14.6. The van der Waals surface area contributed by atoms with Crippen LogP contribution in [0.5, 0.6) is 0 Å². The Kier molecular flexibility index (Phi) is 72.8. The van der Waals surface area contributed by atoms with Crippen LogP contribution in [0.2, 0.25) is 0 Å². The standard InChI is InChI=1S/C84H164O17P2/c1-8-10-11-12-13-14-15-16-17-18-19-22-28-33-38-43-51-58-65-81(86)94-71-79(100-83(88)67-60-53-44-39-34-29-23-20-21-26-31-36-41-48-55-62-75(3)4)73-98-102(90,91)96-69-78(85)70-97-103(92,93)99-74-80(72-95-82(87)66-59-52-47-46-50-57-64-77(7)9-2)101-84(89)68-61-54-45-40-35-30-25-24-27-32-37-42-49-56-63-76(5)6/h75-80,85H,8-74H2,1-7H3,(H,90,91)(H,92,93)/t77?,78-,79-,80-/m1/s1. The van der Waals surface area contributed by atoms with Gasteiger partial charge < -0.3 is 33.8 Å². The molecule has 3 N–H and O–H groups in total. The zero-order valence-corrected chi connectivity index (χ0v) is 69.6. The Bertz CT molecular complexity index is 1990. The topological polar surface area (TPSA) is 237 Å². The van der Waals surface area contributed by atoms with Crippen molar-refractivity contribution < 1.29 is 80.2 Å². The first-order valence-corrected chi connectivity index (χ1v) is 46.4. The van der Waals surface area contributed by atoms with Crippen LogP contribution in [0.15, 0.2) is 0 Å². The summed E-state index contributed by atoms with van der Waals surface area (Å²) in [5.41, 5.74) is 0. The van der Waals surface area contributed by atoms with Gasteiger partial charge in [0.2, 0.25) is 0 Å². The fourth-order valence-electron chi connectivity index (χ4n) is 13.0. The van der Waals surface area contributed by atoms with Gasteiger partial charge in [0.25, 0.3) is 0 Å². The maximum Gasteiger partial charge on any atom is 0.472 e. The van der Waals surface area contributed by atoms with Crippen LogP contribution >= 0.6 is 15.6 Å².